The fourth-order valence-corrected chi connectivity index (χ4v) is 1.03. The van der Waals surface area contributed by atoms with E-state index in [-0.39, 0.29) is 12.5 Å². The average Bonchev–Trinajstić information content (AvgIpc) is 2.14. The van der Waals surface area contributed by atoms with Crippen LogP contribution >= 0.6 is 0 Å². The van der Waals surface area contributed by atoms with E-state index in [4.69, 9.17) is 5.11 Å². The maximum absolute atomic E-state index is 11.2. The Morgan fingerprint density at radius 1 is 1.36 bits per heavy atom. The van der Waals surface area contributed by atoms with Crippen molar-refractivity contribution in [2.24, 2.45) is 0 Å². The molecular weight excluding hydrogens is 184 g/mol. The van der Waals surface area contributed by atoms with Gasteiger partial charge in [0.25, 0.3) is 0 Å². The van der Waals surface area contributed by atoms with Crippen LogP contribution < -0.4 is 10.6 Å². The maximum atomic E-state index is 11.2. The SMILES string of the molecule is CCC[C@H](NC(=O)CNCC)C(=O)O. The maximum Gasteiger partial charge on any atom is 0.326 e. The van der Waals surface area contributed by atoms with Crippen LogP contribution in [0.5, 0.6) is 0 Å². The molecule has 82 valence electrons. The lowest BCUT2D eigenvalue weighted by molar-refractivity contribution is -0.141. The van der Waals surface area contributed by atoms with Crippen LogP contribution in [0.15, 0.2) is 0 Å². The molecule has 1 amide bonds. The van der Waals surface area contributed by atoms with Gasteiger partial charge >= 0.3 is 5.97 Å². The van der Waals surface area contributed by atoms with Gasteiger partial charge in [-0.15, -0.1) is 0 Å². The van der Waals surface area contributed by atoms with Gasteiger partial charge in [-0.1, -0.05) is 20.3 Å². The summed E-state index contributed by atoms with van der Waals surface area (Å²) in [5.41, 5.74) is 0. The molecule has 5 nitrogen and oxygen atoms in total. The highest BCUT2D eigenvalue weighted by molar-refractivity contribution is 5.84. The summed E-state index contributed by atoms with van der Waals surface area (Å²) in [6.45, 7) is 4.63. The van der Waals surface area contributed by atoms with E-state index >= 15 is 0 Å². The van der Waals surface area contributed by atoms with Gasteiger partial charge in [0, 0.05) is 0 Å². The minimum Gasteiger partial charge on any atom is -0.480 e. The molecule has 0 aliphatic heterocycles. The number of carbonyl (C=O) groups is 2. The number of likely N-dealkylation sites (N-methyl/N-ethyl adjacent to an activating group) is 1. The highest BCUT2D eigenvalue weighted by Crippen LogP contribution is 1.96. The number of nitrogens with one attached hydrogen (secondary N) is 2. The van der Waals surface area contributed by atoms with Crippen LogP contribution in [0.25, 0.3) is 0 Å². The van der Waals surface area contributed by atoms with E-state index in [0.717, 1.165) is 6.42 Å². The third kappa shape index (κ3) is 5.53. The fraction of sp³-hybridized carbons (Fsp3) is 0.778. The standard InChI is InChI=1S/C9H18N2O3/c1-3-5-7(9(13)14)11-8(12)6-10-4-2/h7,10H,3-6H2,1-2H3,(H,11,12)(H,13,14)/t7-/m0/s1. The van der Waals surface area contributed by atoms with E-state index in [2.05, 4.69) is 10.6 Å². The van der Waals surface area contributed by atoms with Gasteiger partial charge in [0.2, 0.25) is 5.91 Å². The quantitative estimate of drug-likeness (QED) is 0.541. The van der Waals surface area contributed by atoms with Crippen molar-refractivity contribution in [2.75, 3.05) is 13.1 Å². The molecule has 0 spiro atoms. The van der Waals surface area contributed by atoms with Gasteiger partial charge in [-0.25, -0.2) is 4.79 Å². The average molecular weight is 202 g/mol. The number of amides is 1. The Labute approximate surface area is 83.9 Å². The zero-order valence-corrected chi connectivity index (χ0v) is 8.67. The molecule has 0 bridgehead atoms. The molecule has 0 aliphatic carbocycles. The van der Waals surface area contributed by atoms with Crippen molar-refractivity contribution in [1.82, 2.24) is 10.6 Å². The molecular formula is C9H18N2O3. The van der Waals surface area contributed by atoms with E-state index in [1.165, 1.54) is 0 Å². The van der Waals surface area contributed by atoms with Crippen molar-refractivity contribution in [3.8, 4) is 0 Å². The van der Waals surface area contributed by atoms with Crippen molar-refractivity contribution >= 4 is 11.9 Å². The van der Waals surface area contributed by atoms with Crippen molar-refractivity contribution in [2.45, 2.75) is 32.7 Å². The first-order chi connectivity index (χ1) is 6.61. The lowest BCUT2D eigenvalue weighted by atomic mass is 10.1. The van der Waals surface area contributed by atoms with E-state index in [1.807, 2.05) is 13.8 Å². The predicted octanol–water partition coefficient (Wildman–Crippen LogP) is -0.0346. The largest absolute Gasteiger partial charge is 0.480 e. The summed E-state index contributed by atoms with van der Waals surface area (Å²) in [4.78, 5) is 21.8. The van der Waals surface area contributed by atoms with Crippen LogP contribution in [0.3, 0.4) is 0 Å². The first-order valence-electron chi connectivity index (χ1n) is 4.84. The Kier molecular flexibility index (Phi) is 6.74. The second kappa shape index (κ2) is 7.32. The summed E-state index contributed by atoms with van der Waals surface area (Å²) in [7, 11) is 0. The predicted molar refractivity (Wildman–Crippen MR) is 53.0 cm³/mol. The number of rotatable bonds is 7. The van der Waals surface area contributed by atoms with Crippen LogP contribution in [-0.4, -0.2) is 36.1 Å². The number of aliphatic carboxylic acids is 1. The van der Waals surface area contributed by atoms with Gasteiger partial charge in [0.15, 0.2) is 0 Å². The number of hydrogen-bond acceptors (Lipinski definition) is 3. The van der Waals surface area contributed by atoms with Crippen molar-refractivity contribution in [3.63, 3.8) is 0 Å². The monoisotopic (exact) mass is 202 g/mol. The molecule has 0 aromatic carbocycles. The summed E-state index contributed by atoms with van der Waals surface area (Å²) >= 11 is 0. The number of hydrogen-bond donors (Lipinski definition) is 3. The van der Waals surface area contributed by atoms with Gasteiger partial charge in [-0.05, 0) is 13.0 Å². The summed E-state index contributed by atoms with van der Waals surface area (Å²) in [5.74, 6) is -1.25. The molecule has 0 heterocycles. The Balaban J connectivity index is 3.90. The molecule has 0 unspecified atom stereocenters. The molecule has 0 aliphatic rings. The first kappa shape index (κ1) is 12.9. The Morgan fingerprint density at radius 3 is 2.43 bits per heavy atom. The van der Waals surface area contributed by atoms with E-state index in [1.54, 1.807) is 0 Å². The molecule has 5 heteroatoms. The van der Waals surface area contributed by atoms with Crippen molar-refractivity contribution in [3.05, 3.63) is 0 Å². The Bertz CT molecular complexity index is 194. The first-order valence-corrected chi connectivity index (χ1v) is 4.84. The molecule has 0 aromatic heterocycles. The Hall–Kier alpha value is -1.10. The molecule has 0 rings (SSSR count). The highest BCUT2D eigenvalue weighted by Gasteiger charge is 2.17. The van der Waals surface area contributed by atoms with Crippen LogP contribution in [0.1, 0.15) is 26.7 Å². The van der Waals surface area contributed by atoms with Crippen LogP contribution in [0.4, 0.5) is 0 Å². The summed E-state index contributed by atoms with van der Waals surface area (Å²) in [5, 5.41) is 14.0. The molecule has 0 aromatic rings. The lowest BCUT2D eigenvalue weighted by Gasteiger charge is -2.13. The molecule has 3 N–H and O–H groups in total. The second-order valence-electron chi connectivity index (χ2n) is 3.03. The van der Waals surface area contributed by atoms with Gasteiger partial charge in [0.05, 0.1) is 6.54 Å². The van der Waals surface area contributed by atoms with Crippen LogP contribution in [-0.2, 0) is 9.59 Å². The zero-order valence-electron chi connectivity index (χ0n) is 8.67. The topological polar surface area (TPSA) is 78.4 Å². The second-order valence-corrected chi connectivity index (χ2v) is 3.03. The molecule has 0 radical (unpaired) electrons. The fourth-order valence-electron chi connectivity index (χ4n) is 1.03. The summed E-state index contributed by atoms with van der Waals surface area (Å²) in [6, 6.07) is -0.758. The lowest BCUT2D eigenvalue weighted by Crippen LogP contribution is -2.44. The third-order valence-electron chi connectivity index (χ3n) is 1.75. The highest BCUT2D eigenvalue weighted by atomic mass is 16.4. The van der Waals surface area contributed by atoms with Gasteiger partial charge in [0.1, 0.15) is 6.04 Å². The van der Waals surface area contributed by atoms with Crippen molar-refractivity contribution in [1.29, 1.82) is 0 Å². The minimum atomic E-state index is -0.975. The van der Waals surface area contributed by atoms with E-state index in [9.17, 15) is 9.59 Å². The van der Waals surface area contributed by atoms with Crippen LogP contribution in [0.2, 0.25) is 0 Å². The summed E-state index contributed by atoms with van der Waals surface area (Å²) < 4.78 is 0. The molecule has 0 fully saturated rings. The van der Waals surface area contributed by atoms with Gasteiger partial charge in [-0.2, -0.15) is 0 Å². The van der Waals surface area contributed by atoms with E-state index < -0.39 is 12.0 Å². The third-order valence-corrected chi connectivity index (χ3v) is 1.75. The van der Waals surface area contributed by atoms with E-state index in [0.29, 0.717) is 13.0 Å². The molecule has 1 atom stereocenters. The Morgan fingerprint density at radius 2 is 2.00 bits per heavy atom. The number of carboxylic acid groups (broad SMARTS) is 1. The van der Waals surface area contributed by atoms with Crippen LogP contribution in [0, 0.1) is 0 Å². The number of carbonyl (C=O) groups excluding carboxylic acids is 1. The molecule has 0 saturated heterocycles. The normalized spacial score (nSPS) is 12.1. The minimum absolute atomic E-state index is 0.171. The molecule has 0 saturated carbocycles. The van der Waals surface area contributed by atoms with Crippen molar-refractivity contribution < 1.29 is 14.7 Å². The van der Waals surface area contributed by atoms with Gasteiger partial charge < -0.3 is 15.7 Å². The number of carboxylic acids is 1. The zero-order chi connectivity index (χ0) is 11.0. The van der Waals surface area contributed by atoms with Gasteiger partial charge in [-0.3, -0.25) is 4.79 Å². The summed E-state index contributed by atoms with van der Waals surface area (Å²) in [6.07, 6.45) is 1.20. The smallest absolute Gasteiger partial charge is 0.326 e. The molecule has 14 heavy (non-hydrogen) atoms.